The monoisotopic (exact) mass is 530 g/mol. The van der Waals surface area contributed by atoms with Crippen LogP contribution in [0.25, 0.3) is 0 Å². The van der Waals surface area contributed by atoms with Crippen LogP contribution in [0.15, 0.2) is 0 Å². The zero-order valence-corrected chi connectivity index (χ0v) is 24.4. The third kappa shape index (κ3) is 7.73. The average molecular weight is 531 g/mol. The molecule has 0 aromatic rings. The Hall–Kier alpha value is -1.10. The van der Waals surface area contributed by atoms with Crippen molar-refractivity contribution in [1.29, 1.82) is 0 Å². The minimum Gasteiger partial charge on any atom is -0.459 e. The van der Waals surface area contributed by atoms with Crippen molar-refractivity contribution in [3.05, 3.63) is 0 Å². The second-order valence-electron chi connectivity index (χ2n) is 11.8. The van der Waals surface area contributed by atoms with E-state index in [1.165, 1.54) is 6.92 Å². The zero-order chi connectivity index (χ0) is 28.3. The van der Waals surface area contributed by atoms with E-state index >= 15 is 0 Å². The Morgan fingerprint density at radius 1 is 1.00 bits per heavy atom. The molecule has 0 bridgehead atoms. The molecule has 0 saturated carbocycles. The molecule has 0 aromatic carbocycles. The summed E-state index contributed by atoms with van der Waals surface area (Å²) in [5.74, 6) is -2.88. The van der Waals surface area contributed by atoms with Crippen LogP contribution in [0.1, 0.15) is 88.0 Å². The molecule has 9 nitrogen and oxygen atoms in total. The second-order valence-corrected chi connectivity index (χ2v) is 11.8. The molecule has 9 heteroatoms. The van der Waals surface area contributed by atoms with Crippen LogP contribution in [-0.4, -0.2) is 77.3 Å². The van der Waals surface area contributed by atoms with Gasteiger partial charge in [-0.05, 0) is 59.8 Å². The molecule has 0 aliphatic carbocycles. The van der Waals surface area contributed by atoms with E-state index in [0.717, 1.165) is 0 Å². The molecule has 37 heavy (non-hydrogen) atoms. The molecule has 2 heterocycles. The van der Waals surface area contributed by atoms with Crippen molar-refractivity contribution in [1.82, 2.24) is 0 Å². The van der Waals surface area contributed by atoms with E-state index in [9.17, 15) is 19.8 Å². The van der Waals surface area contributed by atoms with Crippen LogP contribution in [0, 0.1) is 23.7 Å². The maximum Gasteiger partial charge on any atom is 0.311 e. The lowest BCUT2D eigenvalue weighted by Gasteiger charge is -2.42. The summed E-state index contributed by atoms with van der Waals surface area (Å²) in [5, 5.41) is 22.4. The standard InChI is InChI=1S/C28H50O9/c1-11-21-28(9,32)25(30)18(5)23(29)15(2)13-27(8,33-10)14-16(3)24(19(6)26(31)36-21)37-22-12-17(4)34-20(7)35-22/h15-22,24-25,30,32H,11-14H2,1-10H3/t15-,16-,17+,18+,19-,20+,21-,22+,24+,25-,27-,28-/m1/s1. The number of carbonyl (C=O) groups excluding carboxylic acids is 2. The van der Waals surface area contributed by atoms with Crippen LogP contribution in [0.2, 0.25) is 0 Å². The Kier molecular flexibility index (Phi) is 11.1. The molecule has 2 saturated heterocycles. The fourth-order valence-corrected chi connectivity index (χ4v) is 6.06. The summed E-state index contributed by atoms with van der Waals surface area (Å²) in [6.45, 7) is 16.0. The van der Waals surface area contributed by atoms with Crippen molar-refractivity contribution in [2.24, 2.45) is 23.7 Å². The van der Waals surface area contributed by atoms with Gasteiger partial charge >= 0.3 is 5.97 Å². The van der Waals surface area contributed by atoms with E-state index in [1.807, 2.05) is 27.7 Å². The van der Waals surface area contributed by atoms with Gasteiger partial charge in [-0.15, -0.1) is 0 Å². The molecule has 2 N–H and O–H groups in total. The largest absolute Gasteiger partial charge is 0.459 e. The van der Waals surface area contributed by atoms with Crippen molar-refractivity contribution in [2.75, 3.05) is 7.11 Å². The highest BCUT2D eigenvalue weighted by Gasteiger charge is 2.48. The van der Waals surface area contributed by atoms with E-state index in [-0.39, 0.29) is 24.2 Å². The molecule has 0 amide bonds. The molecule has 2 rings (SSSR count). The number of rotatable bonds is 4. The highest BCUT2D eigenvalue weighted by atomic mass is 16.8. The molecule has 2 aliphatic rings. The van der Waals surface area contributed by atoms with E-state index < -0.39 is 65.8 Å². The van der Waals surface area contributed by atoms with Gasteiger partial charge in [0.1, 0.15) is 17.5 Å². The van der Waals surface area contributed by atoms with Crippen LogP contribution in [-0.2, 0) is 33.3 Å². The van der Waals surface area contributed by atoms with Crippen molar-refractivity contribution in [3.8, 4) is 0 Å². The molecular weight excluding hydrogens is 480 g/mol. The van der Waals surface area contributed by atoms with Crippen molar-refractivity contribution >= 4 is 11.8 Å². The number of Topliss-reactive ketones (excluding diaryl/α,β-unsaturated/α-hetero) is 1. The first-order valence-corrected chi connectivity index (χ1v) is 13.7. The number of ether oxygens (including phenoxy) is 5. The van der Waals surface area contributed by atoms with Crippen molar-refractivity contribution in [3.63, 3.8) is 0 Å². The highest BCUT2D eigenvalue weighted by Crippen LogP contribution is 2.37. The fourth-order valence-electron chi connectivity index (χ4n) is 6.06. The Morgan fingerprint density at radius 2 is 1.62 bits per heavy atom. The number of esters is 1. The first kappa shape index (κ1) is 32.1. The summed E-state index contributed by atoms with van der Waals surface area (Å²) in [4.78, 5) is 26.8. The smallest absolute Gasteiger partial charge is 0.311 e. The van der Waals surface area contributed by atoms with Gasteiger partial charge < -0.3 is 33.9 Å². The maximum atomic E-state index is 13.4. The van der Waals surface area contributed by atoms with Gasteiger partial charge in [0.2, 0.25) is 0 Å². The zero-order valence-electron chi connectivity index (χ0n) is 24.4. The third-order valence-corrected chi connectivity index (χ3v) is 8.30. The normalized spacial score (nSPS) is 47.2. The van der Waals surface area contributed by atoms with Crippen LogP contribution < -0.4 is 0 Å². The van der Waals surface area contributed by atoms with Gasteiger partial charge in [0.25, 0.3) is 0 Å². The van der Waals surface area contributed by atoms with Crippen molar-refractivity contribution < 1.29 is 43.5 Å². The van der Waals surface area contributed by atoms with E-state index in [0.29, 0.717) is 19.3 Å². The topological polar surface area (TPSA) is 121 Å². The second kappa shape index (κ2) is 12.8. The third-order valence-electron chi connectivity index (χ3n) is 8.30. The molecule has 2 fully saturated rings. The van der Waals surface area contributed by atoms with E-state index in [1.54, 1.807) is 34.8 Å². The molecule has 0 aromatic heterocycles. The highest BCUT2D eigenvalue weighted by molar-refractivity contribution is 5.83. The maximum absolute atomic E-state index is 13.4. The SMILES string of the molecule is CC[C@H]1OC(=O)[C@H](C)[C@@H](O[C@H]2C[C@H](C)O[C@H](C)O2)[C@H](C)C[C@](C)(OC)C[C@@H](C)C(=O)[C@H](C)[C@@H](O)[C@]1(C)O. The van der Waals surface area contributed by atoms with Crippen LogP contribution in [0.3, 0.4) is 0 Å². The van der Waals surface area contributed by atoms with Gasteiger partial charge in [-0.1, -0.05) is 27.7 Å². The number of carbonyl (C=O) groups is 2. The predicted molar refractivity (Wildman–Crippen MR) is 137 cm³/mol. The first-order chi connectivity index (χ1) is 17.1. The molecule has 0 spiro atoms. The van der Waals surface area contributed by atoms with Gasteiger partial charge in [-0.3, -0.25) is 9.59 Å². The summed E-state index contributed by atoms with van der Waals surface area (Å²) in [6.07, 6.45) is -2.39. The molecule has 12 atom stereocenters. The number of aliphatic hydroxyl groups excluding tert-OH is 1. The summed E-state index contributed by atoms with van der Waals surface area (Å²) in [7, 11) is 1.61. The van der Waals surface area contributed by atoms with Gasteiger partial charge in [0, 0.05) is 25.4 Å². The number of hydrogen-bond acceptors (Lipinski definition) is 9. The van der Waals surface area contributed by atoms with Gasteiger partial charge in [-0.2, -0.15) is 0 Å². The number of ketones is 1. The van der Waals surface area contributed by atoms with Gasteiger partial charge in [0.15, 0.2) is 12.6 Å². The summed E-state index contributed by atoms with van der Waals surface area (Å²) >= 11 is 0. The average Bonchev–Trinajstić information content (AvgIpc) is 2.82. The molecule has 0 radical (unpaired) electrons. The fraction of sp³-hybridized carbons (Fsp3) is 0.929. The minimum atomic E-state index is -1.83. The predicted octanol–water partition coefficient (Wildman–Crippen LogP) is 3.62. The van der Waals surface area contributed by atoms with Crippen LogP contribution >= 0.6 is 0 Å². The first-order valence-electron chi connectivity index (χ1n) is 13.7. The molecule has 0 unspecified atom stereocenters. The Bertz CT molecular complexity index is 761. The lowest BCUT2D eigenvalue weighted by molar-refractivity contribution is -0.314. The van der Waals surface area contributed by atoms with Crippen LogP contribution in [0.5, 0.6) is 0 Å². The molecule has 216 valence electrons. The summed E-state index contributed by atoms with van der Waals surface area (Å²) in [6, 6.07) is 0. The lowest BCUT2D eigenvalue weighted by atomic mass is 9.75. The van der Waals surface area contributed by atoms with E-state index in [4.69, 9.17) is 23.7 Å². The van der Waals surface area contributed by atoms with Crippen LogP contribution in [0.4, 0.5) is 0 Å². The summed E-state index contributed by atoms with van der Waals surface area (Å²) < 4.78 is 29.7. The lowest BCUT2D eigenvalue weighted by Crippen LogP contribution is -2.56. The number of cyclic esters (lactones) is 1. The molecular formula is C28H50O9. The number of hydrogen-bond donors (Lipinski definition) is 2. The summed E-state index contributed by atoms with van der Waals surface area (Å²) in [5.41, 5.74) is -2.52. The van der Waals surface area contributed by atoms with Crippen molar-refractivity contribution in [2.45, 2.75) is 136 Å². The minimum absolute atomic E-state index is 0.0658. The Balaban J connectivity index is 2.48. The quantitative estimate of drug-likeness (QED) is 0.525. The van der Waals surface area contributed by atoms with E-state index in [2.05, 4.69) is 0 Å². The van der Waals surface area contributed by atoms with Gasteiger partial charge in [-0.25, -0.2) is 0 Å². The Morgan fingerprint density at radius 3 is 2.16 bits per heavy atom. The molecule has 2 aliphatic heterocycles. The Labute approximate surface area is 222 Å². The number of methoxy groups -OCH3 is 1. The van der Waals surface area contributed by atoms with Gasteiger partial charge in [0.05, 0.1) is 29.8 Å². The number of aliphatic hydroxyl groups is 2.